The Balaban J connectivity index is 0.000000248. The molecule has 37 heavy (non-hydrogen) atoms. The van der Waals surface area contributed by atoms with E-state index in [0.717, 1.165) is 54.7 Å². The molecule has 1 aliphatic heterocycles. The lowest BCUT2D eigenvalue weighted by Crippen LogP contribution is -2.34. The highest BCUT2D eigenvalue weighted by molar-refractivity contribution is 5.67. The number of aromatic nitrogens is 2. The van der Waals surface area contributed by atoms with E-state index in [1.807, 2.05) is 31.2 Å². The highest BCUT2D eigenvalue weighted by Crippen LogP contribution is 2.30. The molecule has 6 N–H and O–H groups in total. The summed E-state index contributed by atoms with van der Waals surface area (Å²) in [6.45, 7) is 6.92. The average Bonchev–Trinajstić information content (AvgIpc) is 2.95. The van der Waals surface area contributed by atoms with Gasteiger partial charge in [-0.25, -0.2) is 9.97 Å². The van der Waals surface area contributed by atoms with Crippen molar-refractivity contribution in [1.82, 2.24) is 15.3 Å². The minimum absolute atomic E-state index is 0.382. The van der Waals surface area contributed by atoms with Crippen molar-refractivity contribution in [2.45, 2.75) is 57.9 Å². The monoisotopic (exact) mass is 509 g/mol. The number of anilines is 2. The van der Waals surface area contributed by atoms with Crippen LogP contribution in [0.15, 0.2) is 30.5 Å². The zero-order valence-electron chi connectivity index (χ0n) is 22.2. The first-order chi connectivity index (χ1) is 18.0. The number of hydrogen-bond donors (Lipinski definition) is 4. The second kappa shape index (κ2) is 15.5. The van der Waals surface area contributed by atoms with E-state index < -0.39 is 0 Å². The molecule has 3 heterocycles. The predicted molar refractivity (Wildman–Crippen MR) is 148 cm³/mol. The Hall–Kier alpha value is -2.77. The molecule has 4 rings (SSSR count). The second-order valence-electron chi connectivity index (χ2n) is 9.88. The molecule has 0 unspecified atom stereocenters. The molecule has 0 aromatic carbocycles. The summed E-state index contributed by atoms with van der Waals surface area (Å²) in [5, 5.41) is 16.4. The van der Waals surface area contributed by atoms with Crippen molar-refractivity contribution >= 4 is 11.6 Å². The molecular weight excluding hydrogens is 466 g/mol. The predicted octanol–water partition coefficient (Wildman–Crippen LogP) is 3.65. The van der Waals surface area contributed by atoms with E-state index in [9.17, 15) is 5.26 Å². The van der Waals surface area contributed by atoms with E-state index in [4.69, 9.17) is 20.9 Å². The smallest absolute Gasteiger partial charge is 0.126 e. The molecule has 2 fully saturated rings. The van der Waals surface area contributed by atoms with Crippen LogP contribution in [0.3, 0.4) is 0 Å². The minimum atomic E-state index is -0.382. The van der Waals surface area contributed by atoms with Gasteiger partial charge in [-0.15, -0.1) is 0 Å². The molecule has 0 bridgehead atoms. The Kier molecular flexibility index (Phi) is 12.0. The minimum Gasteiger partial charge on any atom is -0.384 e. The van der Waals surface area contributed by atoms with Gasteiger partial charge in [0.25, 0.3) is 0 Å². The lowest BCUT2D eigenvalue weighted by atomic mass is 9.82. The summed E-state index contributed by atoms with van der Waals surface area (Å²) in [6.07, 6.45) is 10.1. The summed E-state index contributed by atoms with van der Waals surface area (Å²) in [7, 11) is 0. The van der Waals surface area contributed by atoms with Crippen LogP contribution in [0, 0.1) is 23.7 Å². The van der Waals surface area contributed by atoms with Crippen molar-refractivity contribution in [3.63, 3.8) is 0 Å². The zero-order valence-corrected chi connectivity index (χ0v) is 22.2. The van der Waals surface area contributed by atoms with Gasteiger partial charge >= 0.3 is 0 Å². The Morgan fingerprint density at radius 2 is 1.97 bits per heavy atom. The van der Waals surface area contributed by atoms with Gasteiger partial charge in [0.1, 0.15) is 11.6 Å². The number of nitriles is 1. The lowest BCUT2D eigenvalue weighted by Gasteiger charge is -2.30. The van der Waals surface area contributed by atoms with Crippen molar-refractivity contribution in [2.24, 2.45) is 11.1 Å². The number of nitrogens with zero attached hydrogens (tertiary/aromatic N) is 3. The lowest BCUT2D eigenvalue weighted by molar-refractivity contribution is 0.0455. The van der Waals surface area contributed by atoms with E-state index in [0.29, 0.717) is 38.7 Å². The van der Waals surface area contributed by atoms with Gasteiger partial charge in [0.05, 0.1) is 30.4 Å². The van der Waals surface area contributed by atoms with E-state index in [1.54, 1.807) is 6.20 Å². The van der Waals surface area contributed by atoms with Gasteiger partial charge < -0.3 is 31.6 Å². The normalized spacial score (nSPS) is 17.3. The average molecular weight is 510 g/mol. The first-order valence-corrected chi connectivity index (χ1v) is 13.5. The zero-order chi connectivity index (χ0) is 26.3. The van der Waals surface area contributed by atoms with Crippen LogP contribution in [0.5, 0.6) is 0 Å². The van der Waals surface area contributed by atoms with Gasteiger partial charge in [-0.05, 0) is 56.4 Å². The summed E-state index contributed by atoms with van der Waals surface area (Å²) in [5.74, 6) is 1.23. The first kappa shape index (κ1) is 28.8. The number of pyridine rings is 2. The van der Waals surface area contributed by atoms with Crippen molar-refractivity contribution < 1.29 is 9.47 Å². The molecule has 0 atom stereocenters. The SMILES string of the molecule is Cc1cnc(N)cc1-c1cccc(NCC2(C#N)CCOCC2)n1.NCCOCCNC1CCCCC1. The van der Waals surface area contributed by atoms with Crippen LogP contribution in [-0.2, 0) is 9.47 Å². The van der Waals surface area contributed by atoms with Crippen molar-refractivity contribution in [3.05, 3.63) is 36.0 Å². The van der Waals surface area contributed by atoms with Gasteiger partial charge in [-0.1, -0.05) is 25.3 Å². The standard InChI is InChI=1S/C18H21N5O.C10H22N2O/c1-13-10-21-16(20)9-14(13)15-3-2-4-17(23-15)22-12-18(11-19)5-7-24-8-6-18;11-6-8-13-9-7-12-10-4-2-1-3-5-10/h2-4,9-10H,5-8,12H2,1H3,(H2,20,21)(H,22,23);10,12H,1-9,11H2. The van der Waals surface area contributed by atoms with Gasteiger partial charge in [0.2, 0.25) is 0 Å². The van der Waals surface area contributed by atoms with E-state index in [2.05, 4.69) is 26.7 Å². The third-order valence-corrected chi connectivity index (χ3v) is 6.99. The molecule has 1 aliphatic carbocycles. The molecule has 1 saturated carbocycles. The molecule has 1 saturated heterocycles. The van der Waals surface area contributed by atoms with Crippen LogP contribution in [-0.4, -0.2) is 62.1 Å². The fourth-order valence-electron chi connectivity index (χ4n) is 4.68. The van der Waals surface area contributed by atoms with Crippen LogP contribution >= 0.6 is 0 Å². The third-order valence-electron chi connectivity index (χ3n) is 6.99. The van der Waals surface area contributed by atoms with E-state index in [1.165, 1.54) is 32.1 Å². The van der Waals surface area contributed by atoms with Crippen LogP contribution in [0.25, 0.3) is 11.3 Å². The second-order valence-corrected chi connectivity index (χ2v) is 9.88. The largest absolute Gasteiger partial charge is 0.384 e. The molecule has 202 valence electrons. The molecule has 9 nitrogen and oxygen atoms in total. The third kappa shape index (κ3) is 9.56. The maximum absolute atomic E-state index is 9.53. The van der Waals surface area contributed by atoms with Crippen LogP contribution in [0.4, 0.5) is 11.6 Å². The molecule has 0 spiro atoms. The molecule has 0 radical (unpaired) electrons. The van der Waals surface area contributed by atoms with E-state index in [-0.39, 0.29) is 5.41 Å². The molecule has 2 aromatic rings. The van der Waals surface area contributed by atoms with Gasteiger partial charge in [0.15, 0.2) is 0 Å². The molecule has 9 heteroatoms. The fraction of sp³-hybridized carbons (Fsp3) is 0.607. The molecule has 0 amide bonds. The Labute approximate surface area is 221 Å². The van der Waals surface area contributed by atoms with Crippen LogP contribution in [0.2, 0.25) is 0 Å². The van der Waals surface area contributed by atoms with Crippen LogP contribution in [0.1, 0.15) is 50.5 Å². The highest BCUT2D eigenvalue weighted by atomic mass is 16.5. The molecular formula is C28H43N7O2. The fourth-order valence-corrected chi connectivity index (χ4v) is 4.68. The number of hydrogen-bond acceptors (Lipinski definition) is 9. The summed E-state index contributed by atoms with van der Waals surface area (Å²) >= 11 is 0. The van der Waals surface area contributed by atoms with Gasteiger partial charge in [-0.2, -0.15) is 5.26 Å². The Morgan fingerprint density at radius 1 is 1.19 bits per heavy atom. The first-order valence-electron chi connectivity index (χ1n) is 13.5. The number of aryl methyl sites for hydroxylation is 1. The summed E-state index contributed by atoms with van der Waals surface area (Å²) < 4.78 is 10.7. The van der Waals surface area contributed by atoms with Crippen molar-refractivity contribution in [2.75, 3.05) is 57.1 Å². The molecule has 2 aromatic heterocycles. The Morgan fingerprint density at radius 3 is 2.70 bits per heavy atom. The molecule has 2 aliphatic rings. The topological polar surface area (TPSA) is 144 Å². The number of nitrogens with two attached hydrogens (primary N) is 2. The summed E-state index contributed by atoms with van der Waals surface area (Å²) in [5.41, 5.74) is 13.5. The summed E-state index contributed by atoms with van der Waals surface area (Å²) in [6, 6.07) is 10.8. The quantitative estimate of drug-likeness (QED) is 0.353. The van der Waals surface area contributed by atoms with E-state index >= 15 is 0 Å². The van der Waals surface area contributed by atoms with Gasteiger partial charge in [-0.3, -0.25) is 0 Å². The maximum Gasteiger partial charge on any atom is 0.126 e. The van der Waals surface area contributed by atoms with Crippen LogP contribution < -0.4 is 22.1 Å². The maximum atomic E-state index is 9.53. The Bertz CT molecular complexity index is 983. The number of ether oxygens (including phenoxy) is 2. The van der Waals surface area contributed by atoms with Crippen molar-refractivity contribution in [3.8, 4) is 17.3 Å². The summed E-state index contributed by atoms with van der Waals surface area (Å²) in [4.78, 5) is 8.75. The number of nitrogen functional groups attached to an aromatic ring is 1. The highest BCUT2D eigenvalue weighted by Gasteiger charge is 2.32. The number of nitrogens with one attached hydrogen (secondary N) is 2. The number of rotatable bonds is 10. The van der Waals surface area contributed by atoms with Crippen molar-refractivity contribution in [1.29, 1.82) is 5.26 Å². The van der Waals surface area contributed by atoms with Gasteiger partial charge in [0, 0.05) is 50.7 Å².